The first-order chi connectivity index (χ1) is 14.5. The molecule has 1 fully saturated rings. The van der Waals surface area contributed by atoms with Crippen LogP contribution in [-0.2, 0) is 19.1 Å². The van der Waals surface area contributed by atoms with Crippen LogP contribution in [0.25, 0.3) is 0 Å². The summed E-state index contributed by atoms with van der Waals surface area (Å²) in [5.74, 6) is 0.345. The van der Waals surface area contributed by atoms with Gasteiger partial charge in [0.1, 0.15) is 0 Å². The Bertz CT molecular complexity index is 446. The number of hydrogen-bond acceptors (Lipinski definition) is 4. The zero-order valence-electron chi connectivity index (χ0n) is 20.1. The summed E-state index contributed by atoms with van der Waals surface area (Å²) in [7, 11) is 0. The molecule has 176 valence electrons. The van der Waals surface area contributed by atoms with Crippen LogP contribution in [0.3, 0.4) is 0 Å². The number of carbonyl (C=O) groups excluding carboxylic acids is 2. The number of ether oxygens (including phenoxy) is 2. The van der Waals surface area contributed by atoms with E-state index in [1.54, 1.807) is 0 Å². The molecule has 2 atom stereocenters. The van der Waals surface area contributed by atoms with Gasteiger partial charge < -0.3 is 9.47 Å². The topological polar surface area (TPSA) is 52.6 Å². The van der Waals surface area contributed by atoms with Crippen LogP contribution in [-0.4, -0.2) is 25.2 Å². The molecule has 4 nitrogen and oxygen atoms in total. The molecule has 0 saturated heterocycles. The number of unbranched alkanes of at least 4 members (excludes halogenated alkanes) is 9. The van der Waals surface area contributed by atoms with Gasteiger partial charge in [0, 0.05) is 0 Å². The SMILES string of the molecule is CCCCCCOC(=O)C1CCCC(C(=O)OCCCCCCCCCC(C)C)C1. The van der Waals surface area contributed by atoms with Crippen molar-refractivity contribution in [3.8, 4) is 0 Å². The summed E-state index contributed by atoms with van der Waals surface area (Å²) < 4.78 is 11.0. The Morgan fingerprint density at radius 3 is 1.70 bits per heavy atom. The van der Waals surface area contributed by atoms with Gasteiger partial charge in [0.2, 0.25) is 0 Å². The fourth-order valence-corrected chi connectivity index (χ4v) is 4.27. The molecule has 0 aromatic carbocycles. The van der Waals surface area contributed by atoms with E-state index < -0.39 is 0 Å². The molecule has 30 heavy (non-hydrogen) atoms. The molecule has 4 heteroatoms. The zero-order chi connectivity index (χ0) is 22.0. The monoisotopic (exact) mass is 424 g/mol. The lowest BCUT2D eigenvalue weighted by Gasteiger charge is -2.26. The molecule has 0 aromatic rings. The van der Waals surface area contributed by atoms with Crippen LogP contribution < -0.4 is 0 Å². The van der Waals surface area contributed by atoms with Crippen molar-refractivity contribution in [3.05, 3.63) is 0 Å². The van der Waals surface area contributed by atoms with Gasteiger partial charge in [-0.3, -0.25) is 9.59 Å². The van der Waals surface area contributed by atoms with Gasteiger partial charge in [-0.1, -0.05) is 91.4 Å². The number of esters is 2. The van der Waals surface area contributed by atoms with E-state index in [1.165, 1.54) is 51.4 Å². The van der Waals surface area contributed by atoms with Crippen molar-refractivity contribution in [1.29, 1.82) is 0 Å². The highest BCUT2D eigenvalue weighted by atomic mass is 16.5. The van der Waals surface area contributed by atoms with Gasteiger partial charge in [-0.15, -0.1) is 0 Å². The van der Waals surface area contributed by atoms with Crippen LogP contribution in [0, 0.1) is 17.8 Å². The normalized spacial score (nSPS) is 19.1. The summed E-state index contributed by atoms with van der Waals surface area (Å²) in [6.45, 7) is 7.78. The van der Waals surface area contributed by atoms with Crippen LogP contribution in [0.5, 0.6) is 0 Å². The van der Waals surface area contributed by atoms with Crippen molar-refractivity contribution in [2.75, 3.05) is 13.2 Å². The molecule has 2 unspecified atom stereocenters. The first-order valence-corrected chi connectivity index (χ1v) is 12.9. The second kappa shape index (κ2) is 17.6. The second-order valence-electron chi connectivity index (χ2n) is 9.61. The van der Waals surface area contributed by atoms with Crippen LogP contribution >= 0.6 is 0 Å². The molecule has 0 N–H and O–H groups in total. The number of rotatable bonds is 17. The van der Waals surface area contributed by atoms with Crippen LogP contribution in [0.15, 0.2) is 0 Å². The summed E-state index contributed by atoms with van der Waals surface area (Å²) in [5.41, 5.74) is 0. The first-order valence-electron chi connectivity index (χ1n) is 12.9. The molecule has 0 spiro atoms. The van der Waals surface area contributed by atoms with Crippen LogP contribution in [0.2, 0.25) is 0 Å². The highest BCUT2D eigenvalue weighted by Gasteiger charge is 2.32. The lowest BCUT2D eigenvalue weighted by Crippen LogP contribution is -2.30. The molecule has 0 radical (unpaired) electrons. The van der Waals surface area contributed by atoms with E-state index >= 15 is 0 Å². The van der Waals surface area contributed by atoms with Crippen LogP contribution in [0.4, 0.5) is 0 Å². The zero-order valence-corrected chi connectivity index (χ0v) is 20.1. The smallest absolute Gasteiger partial charge is 0.308 e. The van der Waals surface area contributed by atoms with Gasteiger partial charge in [0.25, 0.3) is 0 Å². The largest absolute Gasteiger partial charge is 0.465 e. The molecule has 0 heterocycles. The van der Waals surface area contributed by atoms with Crippen molar-refractivity contribution in [1.82, 2.24) is 0 Å². The van der Waals surface area contributed by atoms with Gasteiger partial charge in [-0.05, 0) is 38.0 Å². The predicted molar refractivity (Wildman–Crippen MR) is 123 cm³/mol. The third-order valence-corrected chi connectivity index (χ3v) is 6.25. The second-order valence-corrected chi connectivity index (χ2v) is 9.61. The van der Waals surface area contributed by atoms with E-state index in [9.17, 15) is 9.59 Å². The number of carbonyl (C=O) groups is 2. The maximum absolute atomic E-state index is 12.4. The van der Waals surface area contributed by atoms with Crippen molar-refractivity contribution in [2.45, 2.75) is 124 Å². The third kappa shape index (κ3) is 13.3. The van der Waals surface area contributed by atoms with E-state index in [1.807, 2.05) is 0 Å². The van der Waals surface area contributed by atoms with Crippen molar-refractivity contribution in [2.24, 2.45) is 17.8 Å². The average molecular weight is 425 g/mol. The van der Waals surface area contributed by atoms with Gasteiger partial charge >= 0.3 is 11.9 Å². The van der Waals surface area contributed by atoms with Gasteiger partial charge in [0.05, 0.1) is 25.0 Å². The van der Waals surface area contributed by atoms with Gasteiger partial charge in [-0.2, -0.15) is 0 Å². The lowest BCUT2D eigenvalue weighted by atomic mass is 9.81. The molecule has 0 bridgehead atoms. The molecule has 1 aliphatic carbocycles. The molecule has 1 saturated carbocycles. The molecule has 1 rings (SSSR count). The van der Waals surface area contributed by atoms with E-state index in [-0.39, 0.29) is 23.8 Å². The van der Waals surface area contributed by atoms with E-state index in [4.69, 9.17) is 9.47 Å². The van der Waals surface area contributed by atoms with Gasteiger partial charge in [-0.25, -0.2) is 0 Å². The first kappa shape index (κ1) is 27.0. The molecule has 0 aromatic heterocycles. The molecular formula is C26H48O4. The summed E-state index contributed by atoms with van der Waals surface area (Å²) >= 11 is 0. The van der Waals surface area contributed by atoms with E-state index in [0.29, 0.717) is 19.6 Å². The minimum atomic E-state index is -0.127. The Hall–Kier alpha value is -1.06. The predicted octanol–water partition coefficient (Wildman–Crippen LogP) is 7.24. The van der Waals surface area contributed by atoms with E-state index in [2.05, 4.69) is 20.8 Å². The van der Waals surface area contributed by atoms with Crippen molar-refractivity contribution in [3.63, 3.8) is 0 Å². The summed E-state index contributed by atoms with van der Waals surface area (Å²) in [6.07, 6.45) is 17.6. The highest BCUT2D eigenvalue weighted by Crippen LogP contribution is 2.31. The van der Waals surface area contributed by atoms with E-state index in [0.717, 1.165) is 50.9 Å². The quantitative estimate of drug-likeness (QED) is 0.182. The average Bonchev–Trinajstić information content (AvgIpc) is 2.74. The lowest BCUT2D eigenvalue weighted by molar-refractivity contribution is -0.155. The standard InChI is InChI=1S/C26H48O4/c1-4-5-6-13-19-29-25(27)23-17-15-18-24(21-23)26(28)30-20-14-11-9-7-8-10-12-16-22(2)3/h22-24H,4-21H2,1-3H3. The Kier molecular flexibility index (Phi) is 15.8. The molecule has 0 amide bonds. The van der Waals surface area contributed by atoms with Crippen molar-refractivity contribution < 1.29 is 19.1 Å². The third-order valence-electron chi connectivity index (χ3n) is 6.25. The minimum Gasteiger partial charge on any atom is -0.465 e. The maximum Gasteiger partial charge on any atom is 0.308 e. The fourth-order valence-electron chi connectivity index (χ4n) is 4.27. The van der Waals surface area contributed by atoms with Crippen molar-refractivity contribution >= 4 is 11.9 Å². The fraction of sp³-hybridized carbons (Fsp3) is 0.923. The Morgan fingerprint density at radius 2 is 1.20 bits per heavy atom. The minimum absolute atomic E-state index is 0.107. The Labute approximate surface area is 185 Å². The summed E-state index contributed by atoms with van der Waals surface area (Å²) in [4.78, 5) is 24.7. The molecule has 0 aliphatic heterocycles. The van der Waals surface area contributed by atoms with Crippen LogP contribution in [0.1, 0.15) is 124 Å². The highest BCUT2D eigenvalue weighted by molar-refractivity contribution is 5.76. The summed E-state index contributed by atoms with van der Waals surface area (Å²) in [5, 5.41) is 0. The summed E-state index contributed by atoms with van der Waals surface area (Å²) in [6, 6.07) is 0. The Morgan fingerprint density at radius 1 is 0.733 bits per heavy atom. The maximum atomic E-state index is 12.4. The molecular weight excluding hydrogens is 376 g/mol. The number of hydrogen-bond donors (Lipinski definition) is 0. The van der Waals surface area contributed by atoms with Gasteiger partial charge in [0.15, 0.2) is 0 Å². The Balaban J connectivity index is 2.06. The molecule has 1 aliphatic rings.